The van der Waals surface area contributed by atoms with Crippen LogP contribution in [0, 0.1) is 11.8 Å². The molecule has 0 bridgehead atoms. The molecule has 0 unspecified atom stereocenters. The maximum atomic E-state index is 10.9. The Bertz CT molecular complexity index is 598. The minimum Gasteiger partial charge on any atom is -0.408 e. The lowest BCUT2D eigenvalue weighted by Gasteiger charge is -1.90. The maximum absolute atomic E-state index is 10.9. The molecule has 4 heteroatoms. The first-order chi connectivity index (χ1) is 7.79. The summed E-state index contributed by atoms with van der Waals surface area (Å²) in [7, 11) is 1.89. The first kappa shape index (κ1) is 10.5. The van der Waals surface area contributed by atoms with Gasteiger partial charge in [-0.1, -0.05) is 11.8 Å². The van der Waals surface area contributed by atoms with Gasteiger partial charge in [0.15, 0.2) is 5.58 Å². The van der Waals surface area contributed by atoms with E-state index in [1.807, 2.05) is 13.1 Å². The van der Waals surface area contributed by atoms with Crippen molar-refractivity contribution in [3.05, 3.63) is 34.3 Å². The molecule has 2 aromatic rings. The van der Waals surface area contributed by atoms with Crippen LogP contribution >= 0.6 is 0 Å². The number of fused-ring (bicyclic) bond motifs is 1. The average molecular weight is 216 g/mol. The third-order valence-electron chi connectivity index (χ3n) is 2.15. The fourth-order valence-corrected chi connectivity index (χ4v) is 1.38. The minimum absolute atomic E-state index is 0.435. The Hall–Kier alpha value is -1.99. The van der Waals surface area contributed by atoms with Gasteiger partial charge in [-0.3, -0.25) is 4.98 Å². The van der Waals surface area contributed by atoms with Crippen molar-refractivity contribution in [2.24, 2.45) is 0 Å². The van der Waals surface area contributed by atoms with E-state index in [-0.39, 0.29) is 0 Å². The van der Waals surface area contributed by atoms with Crippen molar-refractivity contribution < 1.29 is 4.42 Å². The first-order valence-corrected chi connectivity index (χ1v) is 5.06. The Balaban J connectivity index is 2.24. The molecule has 82 valence electrons. The summed E-state index contributed by atoms with van der Waals surface area (Å²) < 4.78 is 4.94. The van der Waals surface area contributed by atoms with Gasteiger partial charge < -0.3 is 9.73 Å². The zero-order chi connectivity index (χ0) is 11.4. The van der Waals surface area contributed by atoms with Crippen LogP contribution in [0.4, 0.5) is 0 Å². The second-order valence-electron chi connectivity index (χ2n) is 3.38. The molecule has 1 aromatic heterocycles. The molecule has 2 N–H and O–H groups in total. The van der Waals surface area contributed by atoms with Gasteiger partial charge in [0.1, 0.15) is 0 Å². The van der Waals surface area contributed by atoms with Gasteiger partial charge in [-0.05, 0) is 25.2 Å². The van der Waals surface area contributed by atoms with Crippen molar-refractivity contribution in [3.8, 4) is 11.8 Å². The van der Waals surface area contributed by atoms with E-state index in [0.717, 1.165) is 18.5 Å². The second-order valence-corrected chi connectivity index (χ2v) is 3.38. The van der Waals surface area contributed by atoms with Crippen LogP contribution in [-0.2, 0) is 0 Å². The van der Waals surface area contributed by atoms with Crippen LogP contribution in [-0.4, -0.2) is 18.6 Å². The van der Waals surface area contributed by atoms with Crippen LogP contribution in [0.25, 0.3) is 11.1 Å². The quantitative estimate of drug-likeness (QED) is 0.583. The summed E-state index contributed by atoms with van der Waals surface area (Å²) in [5.74, 6) is 5.61. The molecule has 2 rings (SSSR count). The molecule has 0 radical (unpaired) electrons. The Morgan fingerprint density at radius 1 is 1.50 bits per heavy atom. The molecule has 0 aliphatic rings. The Kier molecular flexibility index (Phi) is 3.08. The summed E-state index contributed by atoms with van der Waals surface area (Å²) >= 11 is 0. The van der Waals surface area contributed by atoms with Gasteiger partial charge in [0, 0.05) is 18.5 Å². The number of rotatable bonds is 2. The highest BCUT2D eigenvalue weighted by Crippen LogP contribution is 2.11. The van der Waals surface area contributed by atoms with Crippen LogP contribution in [0.5, 0.6) is 0 Å². The second kappa shape index (κ2) is 4.69. The highest BCUT2D eigenvalue weighted by atomic mass is 16.4. The predicted octanol–water partition coefficient (Wildman–Crippen LogP) is 1.08. The molecule has 0 spiro atoms. The largest absolute Gasteiger partial charge is 0.417 e. The maximum Gasteiger partial charge on any atom is 0.417 e. The van der Waals surface area contributed by atoms with E-state index in [1.165, 1.54) is 0 Å². The van der Waals surface area contributed by atoms with Gasteiger partial charge in [-0.2, -0.15) is 0 Å². The fraction of sp³-hybridized carbons (Fsp3) is 0.250. The molecule has 16 heavy (non-hydrogen) atoms. The Labute approximate surface area is 92.7 Å². The summed E-state index contributed by atoms with van der Waals surface area (Å²) in [6.07, 6.45) is 0.797. The minimum atomic E-state index is -0.435. The third kappa shape index (κ3) is 2.33. The first-order valence-electron chi connectivity index (χ1n) is 5.06. The topological polar surface area (TPSA) is 58.0 Å². The molecule has 0 atom stereocenters. The molecule has 4 nitrogen and oxygen atoms in total. The van der Waals surface area contributed by atoms with E-state index in [2.05, 4.69) is 22.1 Å². The molecule has 0 saturated heterocycles. The van der Waals surface area contributed by atoms with E-state index < -0.39 is 5.76 Å². The van der Waals surface area contributed by atoms with E-state index in [0.29, 0.717) is 11.1 Å². The smallest absolute Gasteiger partial charge is 0.408 e. The SMILES string of the molecule is CNCCC#Cc1ccc2[nH]c(=O)oc2c1. The van der Waals surface area contributed by atoms with Gasteiger partial charge in [0.25, 0.3) is 0 Å². The summed E-state index contributed by atoms with van der Waals surface area (Å²) in [5, 5.41) is 3.02. The third-order valence-corrected chi connectivity index (χ3v) is 2.15. The van der Waals surface area contributed by atoms with Crippen LogP contribution < -0.4 is 11.1 Å². The van der Waals surface area contributed by atoms with Crippen molar-refractivity contribution in [2.75, 3.05) is 13.6 Å². The molecule has 0 fully saturated rings. The van der Waals surface area contributed by atoms with Crippen LogP contribution in [0.3, 0.4) is 0 Å². The zero-order valence-electron chi connectivity index (χ0n) is 8.96. The summed E-state index contributed by atoms with van der Waals surface area (Å²) in [5.41, 5.74) is 2.10. The highest BCUT2D eigenvalue weighted by Gasteiger charge is 1.99. The zero-order valence-corrected chi connectivity index (χ0v) is 8.96. The van der Waals surface area contributed by atoms with Crippen LogP contribution in [0.1, 0.15) is 12.0 Å². The Morgan fingerprint density at radius 2 is 2.38 bits per heavy atom. The number of aromatic nitrogens is 1. The van der Waals surface area contributed by atoms with Crippen molar-refractivity contribution in [2.45, 2.75) is 6.42 Å². The number of hydrogen-bond donors (Lipinski definition) is 2. The number of benzene rings is 1. The van der Waals surface area contributed by atoms with Crippen LogP contribution in [0.2, 0.25) is 0 Å². The van der Waals surface area contributed by atoms with E-state index in [4.69, 9.17) is 4.42 Å². The number of oxazole rings is 1. The summed E-state index contributed by atoms with van der Waals surface area (Å²) in [6, 6.07) is 5.42. The number of nitrogens with one attached hydrogen (secondary N) is 2. The number of aromatic amines is 1. The number of H-pyrrole nitrogens is 1. The summed E-state index contributed by atoms with van der Waals surface area (Å²) in [4.78, 5) is 13.5. The van der Waals surface area contributed by atoms with Gasteiger partial charge >= 0.3 is 5.76 Å². The molecular weight excluding hydrogens is 204 g/mol. The molecule has 1 heterocycles. The van der Waals surface area contributed by atoms with Crippen LogP contribution in [0.15, 0.2) is 27.4 Å². The van der Waals surface area contributed by atoms with Crippen molar-refractivity contribution in [1.29, 1.82) is 0 Å². The predicted molar refractivity (Wildman–Crippen MR) is 62.3 cm³/mol. The van der Waals surface area contributed by atoms with Crippen molar-refractivity contribution in [1.82, 2.24) is 10.3 Å². The molecule has 0 aliphatic carbocycles. The average Bonchev–Trinajstić information content (AvgIpc) is 2.64. The fourth-order valence-electron chi connectivity index (χ4n) is 1.38. The monoisotopic (exact) mass is 216 g/mol. The van der Waals surface area contributed by atoms with Crippen molar-refractivity contribution >= 4 is 11.1 Å². The van der Waals surface area contributed by atoms with Gasteiger partial charge in [-0.25, -0.2) is 4.79 Å². The van der Waals surface area contributed by atoms with E-state index in [1.54, 1.807) is 12.1 Å². The standard InChI is InChI=1S/C12H12N2O2/c1-13-7-3-2-4-9-5-6-10-11(8-9)16-12(15)14-10/h5-6,8,13H,3,7H2,1H3,(H,14,15). The summed E-state index contributed by atoms with van der Waals surface area (Å²) in [6.45, 7) is 0.870. The van der Waals surface area contributed by atoms with Gasteiger partial charge in [0.2, 0.25) is 0 Å². The molecule has 0 saturated carbocycles. The number of hydrogen-bond acceptors (Lipinski definition) is 3. The molecule has 1 aromatic carbocycles. The lowest BCUT2D eigenvalue weighted by Crippen LogP contribution is -2.05. The highest BCUT2D eigenvalue weighted by molar-refractivity contribution is 5.73. The normalized spacial score (nSPS) is 10.1. The van der Waals surface area contributed by atoms with Crippen molar-refractivity contribution in [3.63, 3.8) is 0 Å². The molecular formula is C12H12N2O2. The lowest BCUT2D eigenvalue weighted by molar-refractivity contribution is 0.555. The Morgan fingerprint density at radius 3 is 3.19 bits per heavy atom. The molecule has 0 aliphatic heterocycles. The van der Waals surface area contributed by atoms with E-state index in [9.17, 15) is 4.79 Å². The van der Waals surface area contributed by atoms with Gasteiger partial charge in [-0.15, -0.1) is 0 Å². The lowest BCUT2D eigenvalue weighted by atomic mass is 10.2. The van der Waals surface area contributed by atoms with E-state index >= 15 is 0 Å². The molecule has 0 amide bonds. The van der Waals surface area contributed by atoms with Gasteiger partial charge in [0.05, 0.1) is 5.52 Å².